The summed E-state index contributed by atoms with van der Waals surface area (Å²) in [4.78, 5) is 0. The summed E-state index contributed by atoms with van der Waals surface area (Å²) >= 11 is 0. The molecule has 1 atom stereocenters. The Morgan fingerprint density at radius 2 is 2.16 bits per heavy atom. The van der Waals surface area contributed by atoms with Gasteiger partial charge in [0.1, 0.15) is 5.76 Å². The van der Waals surface area contributed by atoms with Crippen molar-refractivity contribution >= 4 is 0 Å². The van der Waals surface area contributed by atoms with Crippen molar-refractivity contribution < 1.29 is 4.52 Å². The first-order valence-corrected chi connectivity index (χ1v) is 6.89. The number of hydrogen-bond donors (Lipinski definition) is 1. The van der Waals surface area contributed by atoms with Crippen LogP contribution in [0.3, 0.4) is 0 Å². The monoisotopic (exact) mass is 256 g/mol. The van der Waals surface area contributed by atoms with E-state index in [9.17, 15) is 0 Å². The van der Waals surface area contributed by atoms with Crippen molar-refractivity contribution in [3.8, 4) is 0 Å². The Labute approximate surface area is 114 Å². The molecule has 0 bridgehead atoms. The lowest BCUT2D eigenvalue weighted by Crippen LogP contribution is -2.32. The van der Waals surface area contributed by atoms with Crippen LogP contribution in [-0.2, 0) is 12.0 Å². The molecule has 3 heteroatoms. The van der Waals surface area contributed by atoms with Crippen LogP contribution in [0.15, 0.2) is 41.1 Å². The molecule has 3 nitrogen and oxygen atoms in total. The number of nitrogens with zero attached hydrogens (tertiary/aromatic N) is 1. The maximum absolute atomic E-state index is 5.14. The smallest absolute Gasteiger partial charge is 0.150 e. The molecule has 1 aliphatic rings. The molecule has 0 amide bonds. The average molecular weight is 256 g/mol. The predicted molar refractivity (Wildman–Crippen MR) is 74.8 cm³/mol. The third-order valence-corrected chi connectivity index (χ3v) is 4.14. The molecule has 1 heterocycles. The zero-order valence-corrected chi connectivity index (χ0v) is 11.5. The first-order valence-electron chi connectivity index (χ1n) is 6.89. The summed E-state index contributed by atoms with van der Waals surface area (Å²) in [6.45, 7) is 5.40. The van der Waals surface area contributed by atoms with Gasteiger partial charge in [0.2, 0.25) is 0 Å². The van der Waals surface area contributed by atoms with Gasteiger partial charge in [0.15, 0.2) is 0 Å². The molecular formula is C16H20N2O. The van der Waals surface area contributed by atoms with E-state index in [1.165, 1.54) is 17.5 Å². The van der Waals surface area contributed by atoms with Crippen LogP contribution in [-0.4, -0.2) is 5.16 Å². The lowest BCUT2D eigenvalue weighted by atomic mass is 9.71. The minimum atomic E-state index is 0.279. The maximum Gasteiger partial charge on any atom is 0.150 e. The van der Waals surface area contributed by atoms with Crippen molar-refractivity contribution in [3.63, 3.8) is 0 Å². The first kappa shape index (κ1) is 12.4. The van der Waals surface area contributed by atoms with E-state index in [-0.39, 0.29) is 5.41 Å². The highest BCUT2D eigenvalue weighted by molar-refractivity contribution is 5.38. The van der Waals surface area contributed by atoms with Gasteiger partial charge in [0.25, 0.3) is 0 Å². The zero-order valence-electron chi connectivity index (χ0n) is 11.5. The highest BCUT2D eigenvalue weighted by Gasteiger charge is 2.31. The molecule has 0 fully saturated rings. The van der Waals surface area contributed by atoms with Crippen LogP contribution in [0.2, 0.25) is 0 Å². The highest BCUT2D eigenvalue weighted by atomic mass is 16.5. The Hall–Kier alpha value is -1.61. The van der Waals surface area contributed by atoms with E-state index in [4.69, 9.17) is 4.52 Å². The van der Waals surface area contributed by atoms with Gasteiger partial charge >= 0.3 is 0 Å². The van der Waals surface area contributed by atoms with Gasteiger partial charge in [-0.05, 0) is 29.4 Å². The van der Waals surface area contributed by atoms with Crippen LogP contribution in [0.25, 0.3) is 0 Å². The fourth-order valence-corrected chi connectivity index (χ4v) is 2.98. The van der Waals surface area contributed by atoms with Crippen LogP contribution in [0.4, 0.5) is 0 Å². The van der Waals surface area contributed by atoms with Crippen molar-refractivity contribution in [2.45, 2.75) is 44.7 Å². The molecule has 2 aromatic rings. The van der Waals surface area contributed by atoms with Gasteiger partial charge in [0, 0.05) is 12.1 Å². The van der Waals surface area contributed by atoms with Crippen molar-refractivity contribution in [1.82, 2.24) is 10.5 Å². The summed E-state index contributed by atoms with van der Waals surface area (Å²) < 4.78 is 5.14. The molecule has 0 aliphatic heterocycles. The molecule has 1 aromatic carbocycles. The number of benzene rings is 1. The van der Waals surface area contributed by atoms with Crippen LogP contribution < -0.4 is 5.32 Å². The molecule has 1 aliphatic carbocycles. The molecule has 1 N–H and O–H groups in total. The highest BCUT2D eigenvalue weighted by Crippen LogP contribution is 2.41. The quantitative estimate of drug-likeness (QED) is 0.912. The molecule has 0 spiro atoms. The zero-order chi connectivity index (χ0) is 13.3. The summed E-state index contributed by atoms with van der Waals surface area (Å²) in [6.07, 6.45) is 4.06. The van der Waals surface area contributed by atoms with Gasteiger partial charge in [-0.3, -0.25) is 0 Å². The van der Waals surface area contributed by atoms with E-state index < -0.39 is 0 Å². The van der Waals surface area contributed by atoms with Crippen LogP contribution in [0, 0.1) is 0 Å². The molecule has 3 rings (SSSR count). The second-order valence-electron chi connectivity index (χ2n) is 5.92. The summed E-state index contributed by atoms with van der Waals surface area (Å²) in [6, 6.07) is 11.1. The summed E-state index contributed by atoms with van der Waals surface area (Å²) in [5.74, 6) is 0.891. The molecule has 100 valence electrons. The van der Waals surface area contributed by atoms with Crippen LogP contribution in [0.1, 0.15) is 49.6 Å². The third kappa shape index (κ3) is 2.43. The van der Waals surface area contributed by atoms with E-state index in [1.54, 1.807) is 6.20 Å². The second-order valence-corrected chi connectivity index (χ2v) is 5.92. The van der Waals surface area contributed by atoms with Gasteiger partial charge in [-0.1, -0.05) is 43.3 Å². The van der Waals surface area contributed by atoms with Gasteiger partial charge < -0.3 is 9.84 Å². The maximum atomic E-state index is 5.14. The largest absolute Gasteiger partial charge is 0.360 e. The second kappa shape index (κ2) is 4.82. The minimum Gasteiger partial charge on any atom is -0.360 e. The van der Waals surface area contributed by atoms with Crippen molar-refractivity contribution in [2.75, 3.05) is 0 Å². The Bertz CT molecular complexity index is 546. The summed E-state index contributed by atoms with van der Waals surface area (Å²) in [5.41, 5.74) is 3.18. The van der Waals surface area contributed by atoms with Crippen molar-refractivity contribution in [3.05, 3.63) is 53.4 Å². The van der Waals surface area contributed by atoms with Crippen molar-refractivity contribution in [2.24, 2.45) is 0 Å². The fraction of sp³-hybridized carbons (Fsp3) is 0.438. The van der Waals surface area contributed by atoms with Crippen LogP contribution >= 0.6 is 0 Å². The molecule has 1 aromatic heterocycles. The first-order chi connectivity index (χ1) is 9.17. The molecule has 0 saturated heterocycles. The number of nitrogens with one attached hydrogen (secondary N) is 1. The molecular weight excluding hydrogens is 236 g/mol. The minimum absolute atomic E-state index is 0.279. The normalized spacial score (nSPS) is 21.1. The van der Waals surface area contributed by atoms with E-state index in [0.29, 0.717) is 6.04 Å². The van der Waals surface area contributed by atoms with Crippen LogP contribution in [0.5, 0.6) is 0 Å². The van der Waals surface area contributed by atoms with Gasteiger partial charge in [-0.25, -0.2) is 0 Å². The SMILES string of the molecule is CC1(C)CCC(NCc2ccno2)c2ccccc21. The Kier molecular flexibility index (Phi) is 3.15. The summed E-state index contributed by atoms with van der Waals surface area (Å²) in [7, 11) is 0. The lowest BCUT2D eigenvalue weighted by Gasteiger charge is -2.37. The van der Waals surface area contributed by atoms with E-state index >= 15 is 0 Å². The molecule has 0 saturated carbocycles. The fourth-order valence-electron chi connectivity index (χ4n) is 2.98. The standard InChI is InChI=1S/C16H20N2O/c1-16(2)9-7-15(13-5-3-4-6-14(13)16)17-11-12-8-10-18-19-12/h3-6,8,10,15,17H,7,9,11H2,1-2H3. The number of hydrogen-bond acceptors (Lipinski definition) is 3. The Balaban J connectivity index is 1.80. The molecule has 0 radical (unpaired) electrons. The van der Waals surface area contributed by atoms with Gasteiger partial charge in [-0.2, -0.15) is 0 Å². The number of rotatable bonds is 3. The van der Waals surface area contributed by atoms with E-state index in [1.807, 2.05) is 6.07 Å². The summed E-state index contributed by atoms with van der Waals surface area (Å²) in [5, 5.41) is 7.32. The van der Waals surface area contributed by atoms with Gasteiger partial charge in [-0.15, -0.1) is 0 Å². The predicted octanol–water partition coefficient (Wildman–Crippen LogP) is 3.58. The van der Waals surface area contributed by atoms with E-state index in [0.717, 1.165) is 18.7 Å². The Morgan fingerprint density at radius 3 is 2.95 bits per heavy atom. The topological polar surface area (TPSA) is 38.1 Å². The van der Waals surface area contributed by atoms with Gasteiger partial charge in [0.05, 0.1) is 12.7 Å². The average Bonchev–Trinajstić information content (AvgIpc) is 2.91. The van der Waals surface area contributed by atoms with E-state index in [2.05, 4.69) is 48.6 Å². The molecule has 19 heavy (non-hydrogen) atoms. The number of aromatic nitrogens is 1. The third-order valence-electron chi connectivity index (χ3n) is 4.14. The van der Waals surface area contributed by atoms with Crippen molar-refractivity contribution in [1.29, 1.82) is 0 Å². The molecule has 1 unspecified atom stereocenters. The Morgan fingerprint density at radius 1 is 1.32 bits per heavy atom. The lowest BCUT2D eigenvalue weighted by molar-refractivity contribution is 0.330. The number of fused-ring (bicyclic) bond motifs is 1.